The third-order valence-electron chi connectivity index (χ3n) is 9.85. The molecule has 1 aromatic rings. The molecule has 1 N–H and O–H groups in total. The molecule has 0 amide bonds. The van der Waals surface area contributed by atoms with Crippen molar-refractivity contribution in [3.8, 4) is 5.75 Å². The van der Waals surface area contributed by atoms with Crippen molar-refractivity contribution >= 4 is 14.1 Å². The van der Waals surface area contributed by atoms with Gasteiger partial charge in [0.05, 0.1) is 13.2 Å². The summed E-state index contributed by atoms with van der Waals surface area (Å²) >= 11 is 0. The smallest absolute Gasteiger partial charge is 0.188 e. The first-order valence-corrected chi connectivity index (χ1v) is 18.4. The molecule has 1 heterocycles. The lowest BCUT2D eigenvalue weighted by Gasteiger charge is -2.42. The summed E-state index contributed by atoms with van der Waals surface area (Å²) in [7, 11) is -0.708. The first-order valence-electron chi connectivity index (χ1n) is 15.5. The standard InChI is InChI=1S/C33H52O5Si/c1-7-8-9-13-24(38-31-16-10-11-19-37-31)17-18-26-29(34)21-23-20-27-25(14-12-15-30(27)36-4)28(32(23)26)22-33(2,3)39(5,6)35/h12,14-15,23-24,28,31,35H,7-11,13,16-22H2,1-6H3/t23?,24-,28+,31?/m0/s1. The molecule has 39 heavy (non-hydrogen) atoms. The van der Waals surface area contributed by atoms with Crippen LogP contribution in [0.3, 0.4) is 0 Å². The molecule has 1 aliphatic heterocycles. The van der Waals surface area contributed by atoms with Crippen LogP contribution in [0, 0.1) is 5.92 Å². The molecule has 0 bridgehead atoms. The number of fused-ring (bicyclic) bond motifs is 2. The first-order chi connectivity index (χ1) is 18.6. The number of ketones is 1. The van der Waals surface area contributed by atoms with Crippen molar-refractivity contribution in [2.45, 2.75) is 134 Å². The number of rotatable bonds is 13. The summed E-state index contributed by atoms with van der Waals surface area (Å²) in [6.45, 7) is 11.5. The first kappa shape index (κ1) is 30.5. The van der Waals surface area contributed by atoms with Crippen molar-refractivity contribution < 1.29 is 23.8 Å². The van der Waals surface area contributed by atoms with Gasteiger partial charge >= 0.3 is 0 Å². The number of methoxy groups -OCH3 is 1. The number of carbonyl (C=O) groups is 1. The molecule has 1 saturated heterocycles. The van der Waals surface area contributed by atoms with E-state index in [9.17, 15) is 9.59 Å². The van der Waals surface area contributed by atoms with Gasteiger partial charge in [0.2, 0.25) is 0 Å². The predicted octanol–water partition coefficient (Wildman–Crippen LogP) is 7.86. The molecule has 4 atom stereocenters. The van der Waals surface area contributed by atoms with Crippen LogP contribution in [-0.2, 0) is 20.7 Å². The van der Waals surface area contributed by atoms with Gasteiger partial charge in [0.25, 0.3) is 0 Å². The summed E-state index contributed by atoms with van der Waals surface area (Å²) in [4.78, 5) is 24.8. The summed E-state index contributed by atoms with van der Waals surface area (Å²) in [6, 6.07) is 6.35. The third kappa shape index (κ3) is 7.06. The largest absolute Gasteiger partial charge is 0.496 e. The summed E-state index contributed by atoms with van der Waals surface area (Å²) in [5, 5.41) is -0.201. The monoisotopic (exact) mass is 556 g/mol. The Labute approximate surface area is 237 Å². The maximum atomic E-state index is 13.6. The molecule has 3 aliphatic rings. The van der Waals surface area contributed by atoms with Crippen LogP contribution < -0.4 is 4.74 Å². The van der Waals surface area contributed by atoms with Gasteiger partial charge < -0.3 is 19.0 Å². The molecule has 6 heteroatoms. The number of unbranched alkanes of at least 4 members (excludes halogenated alkanes) is 2. The number of ether oxygens (including phenoxy) is 3. The minimum absolute atomic E-state index is 0.102. The molecule has 218 valence electrons. The highest BCUT2D eigenvalue weighted by Gasteiger charge is 2.47. The number of hydrogen-bond acceptors (Lipinski definition) is 5. The zero-order chi connectivity index (χ0) is 28.2. The van der Waals surface area contributed by atoms with Gasteiger partial charge in [-0.1, -0.05) is 57.7 Å². The second kappa shape index (κ2) is 13.0. The van der Waals surface area contributed by atoms with Crippen molar-refractivity contribution in [3.63, 3.8) is 0 Å². The van der Waals surface area contributed by atoms with Crippen molar-refractivity contribution in [2.75, 3.05) is 13.7 Å². The number of hydrogen-bond donors (Lipinski definition) is 1. The molecule has 1 aromatic carbocycles. The van der Waals surface area contributed by atoms with E-state index in [1.807, 2.05) is 19.2 Å². The number of benzene rings is 1. The lowest BCUT2D eigenvalue weighted by Crippen LogP contribution is -2.40. The Balaban J connectivity index is 1.64. The van der Waals surface area contributed by atoms with E-state index in [0.29, 0.717) is 12.2 Å². The molecule has 2 unspecified atom stereocenters. The van der Waals surface area contributed by atoms with Gasteiger partial charge in [-0.2, -0.15) is 0 Å². The Kier molecular flexibility index (Phi) is 10.2. The minimum Gasteiger partial charge on any atom is -0.496 e. The Morgan fingerprint density at radius 3 is 2.62 bits per heavy atom. The number of allylic oxidation sites excluding steroid dienone is 2. The molecular weight excluding hydrogens is 504 g/mol. The van der Waals surface area contributed by atoms with Gasteiger partial charge in [0, 0.05) is 18.9 Å². The third-order valence-corrected chi connectivity index (χ3v) is 13.4. The molecule has 0 saturated carbocycles. The average molecular weight is 557 g/mol. The van der Waals surface area contributed by atoms with Crippen LogP contribution in [0.25, 0.3) is 0 Å². The maximum Gasteiger partial charge on any atom is 0.188 e. The van der Waals surface area contributed by atoms with E-state index in [-0.39, 0.29) is 29.3 Å². The summed E-state index contributed by atoms with van der Waals surface area (Å²) in [5.41, 5.74) is 4.91. The Hall–Kier alpha value is -1.47. The molecular formula is C33H52O5Si. The topological polar surface area (TPSA) is 65.0 Å². The van der Waals surface area contributed by atoms with E-state index in [1.54, 1.807) is 7.11 Å². The van der Waals surface area contributed by atoms with E-state index in [0.717, 1.165) is 75.7 Å². The van der Waals surface area contributed by atoms with Crippen molar-refractivity contribution in [2.24, 2.45) is 5.92 Å². The predicted molar refractivity (Wildman–Crippen MR) is 160 cm³/mol. The number of carbonyl (C=O) groups excluding carboxylic acids is 1. The minimum atomic E-state index is -2.45. The zero-order valence-corrected chi connectivity index (χ0v) is 26.3. The average Bonchev–Trinajstić information content (AvgIpc) is 3.21. The second-order valence-corrected chi connectivity index (χ2v) is 17.8. The summed E-state index contributed by atoms with van der Waals surface area (Å²) in [5.74, 6) is 1.59. The van der Waals surface area contributed by atoms with Crippen molar-refractivity contribution in [1.29, 1.82) is 0 Å². The van der Waals surface area contributed by atoms with E-state index >= 15 is 0 Å². The summed E-state index contributed by atoms with van der Waals surface area (Å²) in [6.07, 6.45) is 11.7. The fourth-order valence-electron chi connectivity index (χ4n) is 6.78. The highest BCUT2D eigenvalue weighted by atomic mass is 28.4. The Morgan fingerprint density at radius 1 is 1.15 bits per heavy atom. The zero-order valence-electron chi connectivity index (χ0n) is 25.3. The molecule has 4 rings (SSSR count). The van der Waals surface area contributed by atoms with Crippen LogP contribution in [0.1, 0.15) is 108 Å². The second-order valence-electron chi connectivity index (χ2n) is 13.3. The van der Waals surface area contributed by atoms with Crippen LogP contribution in [0.5, 0.6) is 5.75 Å². The van der Waals surface area contributed by atoms with Crippen molar-refractivity contribution in [3.05, 3.63) is 40.5 Å². The Bertz CT molecular complexity index is 1020. The molecule has 0 radical (unpaired) electrons. The fourth-order valence-corrected chi connectivity index (χ4v) is 7.48. The molecule has 1 fully saturated rings. The maximum absolute atomic E-state index is 13.6. The van der Waals surface area contributed by atoms with Crippen LogP contribution in [-0.4, -0.2) is 45.0 Å². The van der Waals surface area contributed by atoms with Crippen LogP contribution in [0.15, 0.2) is 29.3 Å². The lowest BCUT2D eigenvalue weighted by atomic mass is 9.70. The van der Waals surface area contributed by atoms with Crippen molar-refractivity contribution in [1.82, 2.24) is 0 Å². The summed E-state index contributed by atoms with van der Waals surface area (Å²) < 4.78 is 18.2. The van der Waals surface area contributed by atoms with Gasteiger partial charge in [-0.05, 0) is 98.2 Å². The quantitative estimate of drug-likeness (QED) is 0.198. The Morgan fingerprint density at radius 2 is 1.95 bits per heavy atom. The van der Waals surface area contributed by atoms with Gasteiger partial charge in [-0.15, -0.1) is 0 Å². The molecule has 2 aliphatic carbocycles. The number of Topliss-reactive ketones (excluding diaryl/α,β-unsaturated/α-hetero) is 1. The normalized spacial score (nSPS) is 24.5. The van der Waals surface area contributed by atoms with Gasteiger partial charge in [0.1, 0.15) is 5.75 Å². The molecule has 0 spiro atoms. The lowest BCUT2D eigenvalue weighted by molar-refractivity contribution is -0.190. The van der Waals surface area contributed by atoms with E-state index in [2.05, 4.69) is 32.9 Å². The fraction of sp³-hybridized carbons (Fsp3) is 0.727. The van der Waals surface area contributed by atoms with E-state index in [1.165, 1.54) is 29.5 Å². The highest BCUT2D eigenvalue weighted by molar-refractivity contribution is 6.72. The van der Waals surface area contributed by atoms with Gasteiger partial charge in [-0.3, -0.25) is 4.79 Å². The van der Waals surface area contributed by atoms with E-state index < -0.39 is 8.32 Å². The van der Waals surface area contributed by atoms with Gasteiger partial charge in [-0.25, -0.2) is 0 Å². The molecule has 0 aromatic heterocycles. The SMILES string of the molecule is CCCCC[C@@H](CCC1=C2C(CC1=O)Cc1c(OC)cccc1[C@H]2CC(C)(C)[Si](C)(C)O)OC1CCCCO1. The van der Waals surface area contributed by atoms with Crippen LogP contribution >= 0.6 is 0 Å². The van der Waals surface area contributed by atoms with Crippen LogP contribution in [0.4, 0.5) is 0 Å². The van der Waals surface area contributed by atoms with Gasteiger partial charge in [0.15, 0.2) is 20.4 Å². The highest BCUT2D eigenvalue weighted by Crippen LogP contribution is 2.55. The van der Waals surface area contributed by atoms with Crippen LogP contribution in [0.2, 0.25) is 18.1 Å². The molecule has 5 nitrogen and oxygen atoms in total. The van der Waals surface area contributed by atoms with E-state index in [4.69, 9.17) is 14.2 Å².